The zero-order valence-corrected chi connectivity index (χ0v) is 10.6. The second-order valence-electron chi connectivity index (χ2n) is 4.04. The zero-order valence-electron chi connectivity index (χ0n) is 10.6. The Balaban J connectivity index is 2.27. The van der Waals surface area contributed by atoms with Gasteiger partial charge in [-0.1, -0.05) is 43.0 Å². The molecule has 0 saturated heterocycles. The number of benzene rings is 2. The number of fused-ring (bicyclic) bond motifs is 1. The van der Waals surface area contributed by atoms with Crippen LogP contribution in [-0.4, -0.2) is 23.4 Å². The van der Waals surface area contributed by atoms with Crippen molar-refractivity contribution in [3.05, 3.63) is 60.7 Å². The Morgan fingerprint density at radius 1 is 1.20 bits per heavy atom. The lowest BCUT2D eigenvalue weighted by Gasteiger charge is -2.14. The van der Waals surface area contributed by atoms with Gasteiger partial charge in [0.1, 0.15) is 0 Å². The number of amides is 1. The van der Waals surface area contributed by atoms with Crippen molar-refractivity contribution in [1.82, 2.24) is 5.32 Å². The highest BCUT2D eigenvalue weighted by Gasteiger charge is 2.15. The molecule has 0 aromatic heterocycles. The Labute approximate surface area is 115 Å². The predicted octanol–water partition coefficient (Wildman–Crippen LogP) is 2.78. The highest BCUT2D eigenvalue weighted by atomic mass is 16.7. The van der Waals surface area contributed by atoms with Crippen LogP contribution in [0.15, 0.2) is 55.1 Å². The summed E-state index contributed by atoms with van der Waals surface area (Å²) in [6.45, 7) is 3.42. The van der Waals surface area contributed by atoms with Gasteiger partial charge in [-0.15, -0.1) is 0 Å². The second kappa shape index (κ2) is 5.88. The van der Waals surface area contributed by atoms with Gasteiger partial charge >= 0.3 is 6.16 Å². The summed E-state index contributed by atoms with van der Waals surface area (Å²) in [6, 6.07) is 12.7. The zero-order chi connectivity index (χ0) is 14.5. The highest BCUT2D eigenvalue weighted by molar-refractivity contribution is 6.07. The first-order valence-corrected chi connectivity index (χ1v) is 5.92. The van der Waals surface area contributed by atoms with Crippen LogP contribution in [-0.2, 0) is 4.74 Å². The number of hydrogen-bond acceptors (Lipinski definition) is 3. The monoisotopic (exact) mass is 271 g/mol. The first-order valence-electron chi connectivity index (χ1n) is 5.92. The van der Waals surface area contributed by atoms with Gasteiger partial charge in [0.25, 0.3) is 5.91 Å². The van der Waals surface area contributed by atoms with E-state index in [1.165, 1.54) is 6.08 Å². The van der Waals surface area contributed by atoms with E-state index in [1.807, 2.05) is 30.3 Å². The van der Waals surface area contributed by atoms with Gasteiger partial charge in [-0.2, -0.15) is 0 Å². The minimum absolute atomic E-state index is 0.423. The maximum absolute atomic E-state index is 12.2. The van der Waals surface area contributed by atoms with E-state index in [9.17, 15) is 9.59 Å². The van der Waals surface area contributed by atoms with Crippen molar-refractivity contribution in [2.75, 3.05) is 0 Å². The molecule has 1 atom stereocenters. The van der Waals surface area contributed by atoms with Gasteiger partial charge in [0.2, 0.25) is 0 Å². The molecule has 0 heterocycles. The number of carbonyl (C=O) groups is 2. The maximum atomic E-state index is 12.2. The molecule has 2 N–H and O–H groups in total. The van der Waals surface area contributed by atoms with Crippen LogP contribution in [0.3, 0.4) is 0 Å². The minimum atomic E-state index is -1.48. The number of carbonyl (C=O) groups excluding carboxylic acids is 1. The minimum Gasteiger partial charge on any atom is -0.450 e. The van der Waals surface area contributed by atoms with Crippen molar-refractivity contribution in [3.63, 3.8) is 0 Å². The molecule has 0 aliphatic rings. The fraction of sp³-hybridized carbons (Fsp3) is 0.0667. The summed E-state index contributed by atoms with van der Waals surface area (Å²) in [5.74, 6) is -0.423. The lowest BCUT2D eigenvalue weighted by Crippen LogP contribution is -2.36. The Hall–Kier alpha value is -2.82. The van der Waals surface area contributed by atoms with Gasteiger partial charge in [0.05, 0.1) is 0 Å². The molecule has 1 unspecified atom stereocenters. The van der Waals surface area contributed by atoms with Crippen LogP contribution in [0.5, 0.6) is 0 Å². The topological polar surface area (TPSA) is 75.6 Å². The molecule has 1 amide bonds. The van der Waals surface area contributed by atoms with Crippen molar-refractivity contribution < 1.29 is 19.4 Å². The van der Waals surface area contributed by atoms with Crippen molar-refractivity contribution in [2.24, 2.45) is 0 Å². The Morgan fingerprint density at radius 2 is 1.90 bits per heavy atom. The molecule has 0 fully saturated rings. The number of hydrogen-bond donors (Lipinski definition) is 2. The fourth-order valence-corrected chi connectivity index (χ4v) is 1.88. The molecule has 2 aromatic rings. The average Bonchev–Trinajstić information content (AvgIpc) is 2.45. The van der Waals surface area contributed by atoms with Crippen LogP contribution in [0.1, 0.15) is 10.4 Å². The molecule has 0 aliphatic carbocycles. The van der Waals surface area contributed by atoms with Crippen LogP contribution in [0.2, 0.25) is 0 Å². The third-order valence-corrected chi connectivity index (χ3v) is 2.75. The van der Waals surface area contributed by atoms with Crippen molar-refractivity contribution in [3.8, 4) is 0 Å². The van der Waals surface area contributed by atoms with Crippen LogP contribution in [0, 0.1) is 0 Å². The molecule has 0 spiro atoms. The van der Waals surface area contributed by atoms with E-state index in [4.69, 9.17) is 5.11 Å². The summed E-state index contributed by atoms with van der Waals surface area (Å²) in [5.41, 5.74) is 0.448. The molecule has 20 heavy (non-hydrogen) atoms. The van der Waals surface area contributed by atoms with E-state index in [-0.39, 0.29) is 0 Å². The fourth-order valence-electron chi connectivity index (χ4n) is 1.88. The highest BCUT2D eigenvalue weighted by Crippen LogP contribution is 2.18. The predicted molar refractivity (Wildman–Crippen MR) is 74.5 cm³/mol. The average molecular weight is 271 g/mol. The largest absolute Gasteiger partial charge is 0.507 e. The van der Waals surface area contributed by atoms with Crippen LogP contribution in [0.4, 0.5) is 4.79 Å². The van der Waals surface area contributed by atoms with Gasteiger partial charge in [-0.05, 0) is 22.9 Å². The molecule has 0 radical (unpaired) electrons. The van der Waals surface area contributed by atoms with E-state index in [1.54, 1.807) is 12.1 Å². The van der Waals surface area contributed by atoms with E-state index < -0.39 is 18.3 Å². The Morgan fingerprint density at radius 3 is 2.60 bits per heavy atom. The normalized spacial score (nSPS) is 11.6. The molecule has 2 rings (SSSR count). The summed E-state index contributed by atoms with van der Waals surface area (Å²) < 4.78 is 4.47. The van der Waals surface area contributed by atoms with Crippen molar-refractivity contribution in [2.45, 2.75) is 6.23 Å². The summed E-state index contributed by atoms with van der Waals surface area (Å²) in [5, 5.41) is 12.7. The summed E-state index contributed by atoms with van der Waals surface area (Å²) in [6.07, 6.45) is -1.36. The number of ether oxygens (including phenoxy) is 1. The smallest absolute Gasteiger partial charge is 0.450 e. The van der Waals surface area contributed by atoms with Crippen molar-refractivity contribution >= 4 is 22.8 Å². The number of nitrogens with one attached hydrogen (secondary N) is 1. The first-order chi connectivity index (χ1) is 9.61. The number of rotatable bonds is 4. The Kier molecular flexibility index (Phi) is 4.00. The number of carboxylic acid groups (broad SMARTS) is 1. The third kappa shape index (κ3) is 2.95. The standard InChI is InChI=1S/C15H13NO4/c1-2-13(20-15(18)19)16-14(17)12-9-5-7-10-6-3-4-8-11(10)12/h2-9,13H,1H2,(H,16,17)(H,18,19). The third-order valence-electron chi connectivity index (χ3n) is 2.75. The van der Waals surface area contributed by atoms with Gasteiger partial charge in [-0.3, -0.25) is 4.79 Å². The van der Waals surface area contributed by atoms with Crippen molar-refractivity contribution in [1.29, 1.82) is 0 Å². The summed E-state index contributed by atoms with van der Waals surface area (Å²) in [7, 11) is 0. The molecule has 0 saturated carbocycles. The van der Waals surface area contributed by atoms with Crippen LogP contribution >= 0.6 is 0 Å². The first kappa shape index (κ1) is 13.6. The Bertz CT molecular complexity index is 660. The molecule has 2 aromatic carbocycles. The second-order valence-corrected chi connectivity index (χ2v) is 4.04. The lowest BCUT2D eigenvalue weighted by atomic mass is 10.0. The van der Waals surface area contributed by atoms with Gasteiger partial charge in [-0.25, -0.2) is 4.79 Å². The van der Waals surface area contributed by atoms with E-state index in [2.05, 4.69) is 16.6 Å². The van der Waals surface area contributed by atoms with Gasteiger partial charge < -0.3 is 15.2 Å². The SMILES string of the molecule is C=CC(NC(=O)c1cccc2ccccc12)OC(=O)O. The van der Waals surface area contributed by atoms with E-state index in [0.717, 1.165) is 10.8 Å². The molecule has 5 nitrogen and oxygen atoms in total. The molecule has 0 bridgehead atoms. The quantitative estimate of drug-likeness (QED) is 0.509. The van der Waals surface area contributed by atoms with Crippen LogP contribution in [0.25, 0.3) is 10.8 Å². The summed E-state index contributed by atoms with van der Waals surface area (Å²) >= 11 is 0. The summed E-state index contributed by atoms with van der Waals surface area (Å²) in [4.78, 5) is 22.7. The molecular weight excluding hydrogens is 258 g/mol. The molecular formula is C15H13NO4. The maximum Gasteiger partial charge on any atom is 0.507 e. The molecule has 0 aliphatic heterocycles. The lowest BCUT2D eigenvalue weighted by molar-refractivity contribution is 0.0523. The molecule has 102 valence electrons. The van der Waals surface area contributed by atoms with Gasteiger partial charge in [0.15, 0.2) is 6.23 Å². The van der Waals surface area contributed by atoms with Crippen LogP contribution < -0.4 is 5.32 Å². The van der Waals surface area contributed by atoms with E-state index >= 15 is 0 Å². The van der Waals surface area contributed by atoms with Gasteiger partial charge in [0, 0.05) is 5.56 Å². The molecule has 5 heteroatoms. The van der Waals surface area contributed by atoms with E-state index in [0.29, 0.717) is 5.56 Å².